The highest BCUT2D eigenvalue weighted by Gasteiger charge is 2.23. The van der Waals surface area contributed by atoms with E-state index in [1.165, 1.54) is 6.07 Å². The summed E-state index contributed by atoms with van der Waals surface area (Å²) in [5.74, 6) is -0.199. The van der Waals surface area contributed by atoms with Crippen LogP contribution in [0.4, 0.5) is 5.69 Å². The Hall–Kier alpha value is -3.12. The first-order valence-electron chi connectivity index (χ1n) is 7.91. The van der Waals surface area contributed by atoms with Crippen LogP contribution in [-0.4, -0.2) is 17.6 Å². The molecule has 126 valence electrons. The highest BCUT2D eigenvalue weighted by molar-refractivity contribution is 6.04. The highest BCUT2D eigenvalue weighted by atomic mass is 16.5. The Kier molecular flexibility index (Phi) is 3.74. The molecular formula is C19H15NO5. The fraction of sp³-hybridized carbons (Fsp3) is 0.158. The third-order valence-electron chi connectivity index (χ3n) is 4.18. The van der Waals surface area contributed by atoms with Gasteiger partial charge in [0.2, 0.25) is 0 Å². The molecule has 6 heteroatoms. The maximum atomic E-state index is 12.5. The second-order valence-corrected chi connectivity index (χ2v) is 5.82. The number of amides is 1. The van der Waals surface area contributed by atoms with E-state index in [0.717, 1.165) is 0 Å². The van der Waals surface area contributed by atoms with Gasteiger partial charge in [-0.1, -0.05) is 30.3 Å². The lowest BCUT2D eigenvalue weighted by molar-refractivity contribution is 0.0988. The van der Waals surface area contributed by atoms with Crippen LogP contribution in [0.2, 0.25) is 0 Å². The van der Waals surface area contributed by atoms with Crippen LogP contribution in [0.1, 0.15) is 28.6 Å². The number of hydrogen-bond acceptors (Lipinski definition) is 5. The fourth-order valence-electron chi connectivity index (χ4n) is 2.94. The van der Waals surface area contributed by atoms with E-state index in [9.17, 15) is 14.7 Å². The second-order valence-electron chi connectivity index (χ2n) is 5.82. The van der Waals surface area contributed by atoms with E-state index in [2.05, 4.69) is 5.32 Å². The molecule has 1 amide bonds. The van der Waals surface area contributed by atoms with Crippen LogP contribution >= 0.6 is 0 Å². The zero-order valence-electron chi connectivity index (χ0n) is 13.2. The maximum Gasteiger partial charge on any atom is 0.344 e. The lowest BCUT2D eigenvalue weighted by atomic mass is 10.0. The van der Waals surface area contributed by atoms with Crippen LogP contribution < -0.4 is 15.7 Å². The number of benzene rings is 2. The van der Waals surface area contributed by atoms with Crippen molar-refractivity contribution < 1.29 is 19.1 Å². The minimum absolute atomic E-state index is 0.0855. The van der Waals surface area contributed by atoms with Crippen LogP contribution in [0.5, 0.6) is 5.75 Å². The number of para-hydroxylation sites is 1. The van der Waals surface area contributed by atoms with Crippen molar-refractivity contribution in [3.05, 3.63) is 70.3 Å². The number of carbonyl (C=O) groups is 1. The maximum absolute atomic E-state index is 12.5. The Morgan fingerprint density at radius 2 is 2.00 bits per heavy atom. The van der Waals surface area contributed by atoms with Gasteiger partial charge < -0.3 is 19.6 Å². The first kappa shape index (κ1) is 15.4. The van der Waals surface area contributed by atoms with E-state index < -0.39 is 17.6 Å². The number of fused-ring (bicyclic) bond motifs is 2. The summed E-state index contributed by atoms with van der Waals surface area (Å²) in [6.07, 6.45) is -0.122. The van der Waals surface area contributed by atoms with Crippen molar-refractivity contribution in [1.82, 2.24) is 0 Å². The third-order valence-corrected chi connectivity index (χ3v) is 4.18. The molecule has 1 aliphatic rings. The second kappa shape index (κ2) is 6.07. The van der Waals surface area contributed by atoms with Gasteiger partial charge in [-0.25, -0.2) is 4.79 Å². The molecule has 2 aromatic carbocycles. The molecule has 4 rings (SSSR count). The Labute approximate surface area is 142 Å². The van der Waals surface area contributed by atoms with Gasteiger partial charge in [0.1, 0.15) is 5.75 Å². The van der Waals surface area contributed by atoms with Crippen LogP contribution in [0.3, 0.4) is 0 Å². The normalized spacial score (nSPS) is 16.1. The van der Waals surface area contributed by atoms with Gasteiger partial charge in [-0.05, 0) is 23.6 Å². The van der Waals surface area contributed by atoms with Gasteiger partial charge in [0.15, 0.2) is 5.76 Å². The number of ether oxygens (including phenoxy) is 1. The Balaban J connectivity index is 1.70. The van der Waals surface area contributed by atoms with Gasteiger partial charge >= 0.3 is 5.63 Å². The standard InChI is InChI=1S/C19H15NO5/c21-15-8-9-24-17-13(15)6-3-7-14(17)20-18(22)16-10-11-4-1-2-5-12(11)19(23)25-16/h1-7,10,15,21H,8-9H2,(H,20,22). The molecule has 25 heavy (non-hydrogen) atoms. The molecule has 0 saturated heterocycles. The van der Waals surface area contributed by atoms with E-state index in [-0.39, 0.29) is 5.76 Å². The van der Waals surface area contributed by atoms with Crippen molar-refractivity contribution in [2.75, 3.05) is 11.9 Å². The van der Waals surface area contributed by atoms with E-state index in [0.29, 0.717) is 40.8 Å². The van der Waals surface area contributed by atoms with E-state index in [1.54, 1.807) is 42.5 Å². The lowest BCUT2D eigenvalue weighted by Gasteiger charge is -2.24. The summed E-state index contributed by atoms with van der Waals surface area (Å²) in [5, 5.41) is 13.8. The molecule has 1 aromatic heterocycles. The Morgan fingerprint density at radius 3 is 2.88 bits per heavy atom. The van der Waals surface area contributed by atoms with Gasteiger partial charge in [0.25, 0.3) is 5.91 Å². The number of aliphatic hydroxyl groups is 1. The lowest BCUT2D eigenvalue weighted by Crippen LogP contribution is -2.19. The van der Waals surface area contributed by atoms with E-state index >= 15 is 0 Å². The molecule has 0 radical (unpaired) electrons. The fourth-order valence-corrected chi connectivity index (χ4v) is 2.94. The van der Waals surface area contributed by atoms with E-state index in [4.69, 9.17) is 9.15 Å². The van der Waals surface area contributed by atoms with Crippen molar-refractivity contribution in [2.24, 2.45) is 0 Å². The van der Waals surface area contributed by atoms with E-state index in [1.807, 2.05) is 0 Å². The summed E-state index contributed by atoms with van der Waals surface area (Å²) in [6.45, 7) is 0.367. The molecule has 3 aromatic rings. The number of anilines is 1. The third kappa shape index (κ3) is 2.77. The predicted octanol–water partition coefficient (Wildman–Crippen LogP) is 2.86. The molecule has 0 bridgehead atoms. The molecule has 2 N–H and O–H groups in total. The minimum Gasteiger partial charge on any atom is -0.491 e. The van der Waals surface area contributed by atoms with Crippen molar-refractivity contribution in [1.29, 1.82) is 0 Å². The van der Waals surface area contributed by atoms with Crippen molar-refractivity contribution in [3.63, 3.8) is 0 Å². The first-order valence-corrected chi connectivity index (χ1v) is 7.91. The molecule has 1 aliphatic heterocycles. The summed E-state index contributed by atoms with van der Waals surface area (Å²) in [7, 11) is 0. The highest BCUT2D eigenvalue weighted by Crippen LogP contribution is 2.37. The van der Waals surface area contributed by atoms with Gasteiger partial charge in [-0.2, -0.15) is 0 Å². The average Bonchev–Trinajstić information content (AvgIpc) is 2.62. The predicted molar refractivity (Wildman–Crippen MR) is 92.0 cm³/mol. The van der Waals surface area contributed by atoms with Gasteiger partial charge in [-0.3, -0.25) is 4.79 Å². The Bertz CT molecular complexity index is 1020. The van der Waals surface area contributed by atoms with Gasteiger partial charge in [-0.15, -0.1) is 0 Å². The SMILES string of the molecule is O=C(Nc1cccc2c1OCCC2O)c1cc2ccccc2c(=O)o1. The number of hydrogen-bond donors (Lipinski definition) is 2. The Morgan fingerprint density at radius 1 is 1.16 bits per heavy atom. The van der Waals surface area contributed by atoms with Gasteiger partial charge in [0.05, 0.1) is 23.8 Å². The zero-order chi connectivity index (χ0) is 17.4. The largest absolute Gasteiger partial charge is 0.491 e. The van der Waals surface area contributed by atoms with Crippen LogP contribution in [0, 0.1) is 0 Å². The molecule has 1 unspecified atom stereocenters. The monoisotopic (exact) mass is 337 g/mol. The van der Waals surface area contributed by atoms with Crippen LogP contribution in [0.15, 0.2) is 57.7 Å². The number of aliphatic hydroxyl groups excluding tert-OH is 1. The molecule has 0 aliphatic carbocycles. The smallest absolute Gasteiger partial charge is 0.344 e. The molecule has 0 fully saturated rings. The minimum atomic E-state index is -0.626. The van der Waals surface area contributed by atoms with Crippen LogP contribution in [-0.2, 0) is 0 Å². The summed E-state index contributed by atoms with van der Waals surface area (Å²) in [6, 6.07) is 13.6. The molecule has 1 atom stereocenters. The number of nitrogens with one attached hydrogen (secondary N) is 1. The quantitative estimate of drug-likeness (QED) is 0.750. The van der Waals surface area contributed by atoms with Crippen LogP contribution in [0.25, 0.3) is 10.8 Å². The summed E-state index contributed by atoms with van der Waals surface area (Å²) >= 11 is 0. The van der Waals surface area contributed by atoms with Crippen molar-refractivity contribution in [2.45, 2.75) is 12.5 Å². The zero-order valence-corrected chi connectivity index (χ0v) is 13.2. The first-order chi connectivity index (χ1) is 12.1. The molecular weight excluding hydrogens is 322 g/mol. The molecule has 0 spiro atoms. The van der Waals surface area contributed by atoms with Crippen molar-refractivity contribution >= 4 is 22.4 Å². The topological polar surface area (TPSA) is 88.8 Å². The molecule has 2 heterocycles. The average molecular weight is 337 g/mol. The summed E-state index contributed by atoms with van der Waals surface area (Å²) < 4.78 is 10.7. The number of carbonyl (C=O) groups excluding carboxylic acids is 1. The molecule has 6 nitrogen and oxygen atoms in total. The van der Waals surface area contributed by atoms with Gasteiger partial charge in [0, 0.05) is 12.0 Å². The van der Waals surface area contributed by atoms with Crippen molar-refractivity contribution in [3.8, 4) is 5.75 Å². The number of rotatable bonds is 2. The molecule has 0 saturated carbocycles. The summed E-state index contributed by atoms with van der Waals surface area (Å²) in [5.41, 5.74) is 0.492. The summed E-state index contributed by atoms with van der Waals surface area (Å²) in [4.78, 5) is 24.5.